The smallest absolute Gasteiger partial charge is 0.257 e. The summed E-state index contributed by atoms with van der Waals surface area (Å²) in [6.07, 6.45) is 4.58. The van der Waals surface area contributed by atoms with Gasteiger partial charge in [0.1, 0.15) is 11.3 Å². The second kappa shape index (κ2) is 7.73. The summed E-state index contributed by atoms with van der Waals surface area (Å²) in [7, 11) is 0. The monoisotopic (exact) mass is 395 g/mol. The molecule has 3 heterocycles. The third kappa shape index (κ3) is 4.07. The number of carbonyl (C=O) groups excluding carboxylic acids is 1. The predicted molar refractivity (Wildman–Crippen MR) is 107 cm³/mol. The molecule has 0 saturated carbocycles. The number of pyridine rings is 2. The average molecular weight is 396 g/mol. The van der Waals surface area contributed by atoms with Gasteiger partial charge in [-0.2, -0.15) is 0 Å². The van der Waals surface area contributed by atoms with Crippen LogP contribution in [-0.2, 0) is 6.54 Å². The van der Waals surface area contributed by atoms with Crippen LogP contribution in [0.2, 0.25) is 5.02 Å². The highest BCUT2D eigenvalue weighted by Gasteiger charge is 2.15. The minimum Gasteiger partial charge on any atom is -0.436 e. The van der Waals surface area contributed by atoms with Crippen LogP contribution >= 0.6 is 22.9 Å². The molecule has 0 aliphatic heterocycles. The van der Waals surface area contributed by atoms with Gasteiger partial charge in [0.25, 0.3) is 5.91 Å². The Hall–Kier alpha value is -2.96. The molecule has 27 heavy (non-hydrogen) atoms. The molecule has 0 spiro atoms. The number of benzene rings is 1. The van der Waals surface area contributed by atoms with Gasteiger partial charge in [-0.15, -0.1) is 11.3 Å². The molecular formula is C20H14ClN3O2S. The van der Waals surface area contributed by atoms with Crippen LogP contribution in [0.5, 0.6) is 11.6 Å². The lowest BCUT2D eigenvalue weighted by atomic mass is 10.2. The number of hydrogen-bond acceptors (Lipinski definition) is 5. The zero-order chi connectivity index (χ0) is 18.6. The van der Waals surface area contributed by atoms with Crippen LogP contribution in [0.25, 0.3) is 10.1 Å². The molecule has 1 aromatic carbocycles. The van der Waals surface area contributed by atoms with E-state index in [1.165, 1.54) is 22.5 Å². The van der Waals surface area contributed by atoms with Crippen molar-refractivity contribution < 1.29 is 9.53 Å². The van der Waals surface area contributed by atoms with Crippen LogP contribution in [0.1, 0.15) is 15.2 Å². The fourth-order valence-electron chi connectivity index (χ4n) is 2.59. The fraction of sp³-hybridized carbons (Fsp3) is 0.0500. The first-order valence-corrected chi connectivity index (χ1v) is 9.37. The fourth-order valence-corrected chi connectivity index (χ4v) is 3.76. The molecule has 0 fully saturated rings. The van der Waals surface area contributed by atoms with Crippen molar-refractivity contribution in [2.45, 2.75) is 6.54 Å². The van der Waals surface area contributed by atoms with Gasteiger partial charge in [-0.25, -0.2) is 4.98 Å². The van der Waals surface area contributed by atoms with Gasteiger partial charge in [-0.1, -0.05) is 29.8 Å². The number of rotatable bonds is 5. The van der Waals surface area contributed by atoms with Gasteiger partial charge < -0.3 is 10.1 Å². The highest BCUT2D eigenvalue weighted by atomic mass is 35.5. The van der Waals surface area contributed by atoms with E-state index in [0.717, 1.165) is 4.88 Å². The maximum absolute atomic E-state index is 12.6. The highest BCUT2D eigenvalue weighted by molar-refractivity contribution is 7.19. The van der Waals surface area contributed by atoms with Crippen molar-refractivity contribution >= 4 is 38.9 Å². The van der Waals surface area contributed by atoms with Crippen molar-refractivity contribution in [2.24, 2.45) is 0 Å². The molecular weight excluding hydrogens is 382 g/mol. The molecule has 4 rings (SSSR count). The van der Waals surface area contributed by atoms with Crippen LogP contribution < -0.4 is 10.1 Å². The van der Waals surface area contributed by atoms with E-state index in [-0.39, 0.29) is 11.8 Å². The molecule has 134 valence electrons. The van der Waals surface area contributed by atoms with E-state index in [4.69, 9.17) is 16.3 Å². The Morgan fingerprint density at radius 1 is 1.15 bits per heavy atom. The Labute approximate surface area is 164 Å². The van der Waals surface area contributed by atoms with E-state index in [1.54, 1.807) is 35.7 Å². The molecule has 1 amide bonds. The zero-order valence-corrected chi connectivity index (χ0v) is 15.6. The minimum absolute atomic E-state index is 0.204. The van der Waals surface area contributed by atoms with Crippen molar-refractivity contribution in [3.8, 4) is 11.6 Å². The molecule has 0 saturated heterocycles. The summed E-state index contributed by atoms with van der Waals surface area (Å²) in [6, 6.07) is 15.2. The third-order valence-corrected chi connectivity index (χ3v) is 5.13. The maximum Gasteiger partial charge on any atom is 0.257 e. The second-order valence-corrected chi connectivity index (χ2v) is 7.34. The van der Waals surface area contributed by atoms with E-state index >= 15 is 0 Å². The van der Waals surface area contributed by atoms with E-state index < -0.39 is 0 Å². The standard InChI is InChI=1S/C20H14ClN3O2S/c21-14-9-15(11-22-10-14)26-20-17(5-3-7-23-20)19(25)24-12-16-8-13-4-1-2-6-18(13)27-16/h1-11H,12H2,(H,24,25). The number of hydrogen-bond donors (Lipinski definition) is 1. The van der Waals surface area contributed by atoms with E-state index in [0.29, 0.717) is 22.9 Å². The molecule has 3 aromatic heterocycles. The van der Waals surface area contributed by atoms with Gasteiger partial charge in [0.05, 0.1) is 17.8 Å². The Morgan fingerprint density at radius 3 is 2.89 bits per heavy atom. The normalized spacial score (nSPS) is 10.7. The summed E-state index contributed by atoms with van der Waals surface area (Å²) in [5.41, 5.74) is 0.346. The number of fused-ring (bicyclic) bond motifs is 1. The number of nitrogens with zero attached hydrogens (tertiary/aromatic N) is 2. The number of thiophene rings is 1. The Balaban J connectivity index is 1.50. The molecule has 0 radical (unpaired) electrons. The van der Waals surface area contributed by atoms with Gasteiger partial charge in [-0.05, 0) is 29.7 Å². The van der Waals surface area contributed by atoms with E-state index in [1.807, 2.05) is 12.1 Å². The second-order valence-electron chi connectivity index (χ2n) is 5.73. The summed E-state index contributed by atoms with van der Waals surface area (Å²) >= 11 is 7.58. The minimum atomic E-state index is -0.259. The number of ether oxygens (including phenoxy) is 1. The van der Waals surface area contributed by atoms with Crippen LogP contribution in [0.3, 0.4) is 0 Å². The molecule has 0 unspecified atom stereocenters. The van der Waals surface area contributed by atoms with Crippen molar-refractivity contribution in [1.29, 1.82) is 0 Å². The lowest BCUT2D eigenvalue weighted by molar-refractivity contribution is 0.0948. The SMILES string of the molecule is O=C(NCc1cc2ccccc2s1)c1cccnc1Oc1cncc(Cl)c1. The Kier molecular flexibility index (Phi) is 5.00. The predicted octanol–water partition coefficient (Wildman–Crippen LogP) is 5.07. The molecule has 4 aromatic rings. The number of aromatic nitrogens is 2. The van der Waals surface area contributed by atoms with Crippen LogP contribution in [0.4, 0.5) is 0 Å². The van der Waals surface area contributed by atoms with Gasteiger partial charge in [0, 0.05) is 28.0 Å². The number of nitrogens with one attached hydrogen (secondary N) is 1. The summed E-state index contributed by atoms with van der Waals surface area (Å²) < 4.78 is 6.89. The third-order valence-electron chi connectivity index (χ3n) is 3.81. The topological polar surface area (TPSA) is 64.1 Å². The average Bonchev–Trinajstić information content (AvgIpc) is 3.09. The first-order chi connectivity index (χ1) is 13.2. The summed E-state index contributed by atoms with van der Waals surface area (Å²) in [5.74, 6) is 0.362. The quantitative estimate of drug-likeness (QED) is 0.512. The number of carbonyl (C=O) groups is 1. The van der Waals surface area contributed by atoms with E-state index in [2.05, 4.69) is 33.5 Å². The number of amides is 1. The van der Waals surface area contributed by atoms with Crippen molar-refractivity contribution in [1.82, 2.24) is 15.3 Å². The van der Waals surface area contributed by atoms with Crippen LogP contribution in [-0.4, -0.2) is 15.9 Å². The molecule has 0 aliphatic rings. The Morgan fingerprint density at radius 2 is 2.04 bits per heavy atom. The van der Waals surface area contributed by atoms with Crippen molar-refractivity contribution in [2.75, 3.05) is 0 Å². The van der Waals surface area contributed by atoms with Crippen molar-refractivity contribution in [3.05, 3.63) is 82.6 Å². The van der Waals surface area contributed by atoms with Crippen LogP contribution in [0, 0.1) is 0 Å². The van der Waals surface area contributed by atoms with Gasteiger partial charge in [-0.3, -0.25) is 9.78 Å². The largest absolute Gasteiger partial charge is 0.436 e. The first kappa shape index (κ1) is 17.5. The summed E-state index contributed by atoms with van der Waals surface area (Å²) in [6.45, 7) is 0.436. The molecule has 0 aliphatic carbocycles. The highest BCUT2D eigenvalue weighted by Crippen LogP contribution is 2.26. The zero-order valence-electron chi connectivity index (χ0n) is 14.1. The molecule has 0 bridgehead atoms. The molecule has 0 atom stereocenters. The summed E-state index contributed by atoms with van der Waals surface area (Å²) in [4.78, 5) is 21.9. The Bertz CT molecular complexity index is 1080. The first-order valence-electron chi connectivity index (χ1n) is 8.18. The molecule has 5 nitrogen and oxygen atoms in total. The number of halogens is 1. The van der Waals surface area contributed by atoms with Crippen molar-refractivity contribution in [3.63, 3.8) is 0 Å². The lowest BCUT2D eigenvalue weighted by Gasteiger charge is -2.10. The maximum atomic E-state index is 12.6. The molecule has 7 heteroatoms. The van der Waals surface area contributed by atoms with E-state index in [9.17, 15) is 4.79 Å². The lowest BCUT2D eigenvalue weighted by Crippen LogP contribution is -2.23. The molecule has 1 N–H and O–H groups in total. The summed E-state index contributed by atoms with van der Waals surface area (Å²) in [5, 5.41) is 4.54. The van der Waals surface area contributed by atoms with Gasteiger partial charge in [0.2, 0.25) is 5.88 Å². The van der Waals surface area contributed by atoms with Crippen LogP contribution in [0.15, 0.2) is 67.1 Å². The van der Waals surface area contributed by atoms with Gasteiger partial charge >= 0.3 is 0 Å². The van der Waals surface area contributed by atoms with Gasteiger partial charge in [0.15, 0.2) is 0 Å².